The predicted molar refractivity (Wildman–Crippen MR) is 52.6 cm³/mol. The van der Waals surface area contributed by atoms with Crippen molar-refractivity contribution >= 4 is 11.5 Å². The van der Waals surface area contributed by atoms with E-state index in [1.165, 1.54) is 6.08 Å². The molecule has 0 bridgehead atoms. The van der Waals surface area contributed by atoms with Gasteiger partial charge < -0.3 is 19.3 Å². The van der Waals surface area contributed by atoms with Crippen LogP contribution in [0.5, 0.6) is 11.5 Å². The molecule has 2 aliphatic heterocycles. The van der Waals surface area contributed by atoms with E-state index in [9.17, 15) is 4.79 Å². The number of hydrogen-bond donors (Lipinski definition) is 1. The maximum atomic E-state index is 11.4. The van der Waals surface area contributed by atoms with E-state index >= 15 is 0 Å². The van der Waals surface area contributed by atoms with Crippen molar-refractivity contribution in [2.75, 3.05) is 6.79 Å². The zero-order valence-electron chi connectivity index (χ0n) is 8.17. The second-order valence-electron chi connectivity index (χ2n) is 3.44. The van der Waals surface area contributed by atoms with Crippen molar-refractivity contribution in [1.29, 1.82) is 0 Å². The van der Waals surface area contributed by atoms with Crippen molar-refractivity contribution in [3.63, 3.8) is 0 Å². The molecule has 1 atom stereocenters. The van der Waals surface area contributed by atoms with Gasteiger partial charge in [-0.15, -0.1) is 0 Å². The lowest BCUT2D eigenvalue weighted by Crippen LogP contribution is -2.05. The van der Waals surface area contributed by atoms with Crippen LogP contribution in [0.2, 0.25) is 0 Å². The molecule has 0 spiro atoms. The zero-order chi connectivity index (χ0) is 11.1. The summed E-state index contributed by atoms with van der Waals surface area (Å²) in [6.45, 7) is 0.185. The summed E-state index contributed by atoms with van der Waals surface area (Å²) >= 11 is 0. The van der Waals surface area contributed by atoms with Crippen LogP contribution in [-0.4, -0.2) is 24.2 Å². The van der Waals surface area contributed by atoms with Gasteiger partial charge >= 0.3 is 5.97 Å². The molecular weight excluding hydrogens is 212 g/mol. The first kappa shape index (κ1) is 9.23. The summed E-state index contributed by atoms with van der Waals surface area (Å²) in [5.74, 6) is 0.704. The summed E-state index contributed by atoms with van der Waals surface area (Å²) in [6, 6.07) is 5.13. The third-order valence-electron chi connectivity index (χ3n) is 2.44. The van der Waals surface area contributed by atoms with Crippen LogP contribution in [0.1, 0.15) is 5.56 Å². The van der Waals surface area contributed by atoms with Crippen LogP contribution in [0.3, 0.4) is 0 Å². The van der Waals surface area contributed by atoms with Gasteiger partial charge in [-0.2, -0.15) is 0 Å². The number of rotatable bonds is 1. The second-order valence-corrected chi connectivity index (χ2v) is 3.44. The van der Waals surface area contributed by atoms with Crippen LogP contribution in [0.25, 0.3) is 5.57 Å². The van der Waals surface area contributed by atoms with Crippen LogP contribution < -0.4 is 9.47 Å². The van der Waals surface area contributed by atoms with Gasteiger partial charge in [-0.05, 0) is 23.8 Å². The van der Waals surface area contributed by atoms with Crippen LogP contribution in [-0.2, 0) is 9.53 Å². The van der Waals surface area contributed by atoms with Gasteiger partial charge in [-0.25, -0.2) is 4.79 Å². The molecule has 82 valence electrons. The Bertz CT molecular complexity index is 491. The molecule has 0 fully saturated rings. The van der Waals surface area contributed by atoms with Crippen molar-refractivity contribution in [2.24, 2.45) is 0 Å². The molecule has 0 aliphatic carbocycles. The lowest BCUT2D eigenvalue weighted by molar-refractivity contribution is -0.149. The average Bonchev–Trinajstić information content (AvgIpc) is 2.83. The highest BCUT2D eigenvalue weighted by Crippen LogP contribution is 2.35. The number of carbonyl (C=O) groups excluding carboxylic acids is 1. The number of aliphatic hydroxyl groups excluding tert-OH is 1. The molecule has 0 radical (unpaired) electrons. The van der Waals surface area contributed by atoms with Crippen LogP contribution in [0.4, 0.5) is 0 Å². The molecule has 16 heavy (non-hydrogen) atoms. The fourth-order valence-electron chi connectivity index (χ4n) is 1.70. The molecule has 1 aromatic carbocycles. The fourth-order valence-corrected chi connectivity index (χ4v) is 1.70. The molecule has 2 aliphatic rings. The standard InChI is InChI=1S/C11H8O5/c12-10-4-7(11(13)16-10)6-1-2-8-9(3-6)15-5-14-8/h1-4,10,12H,5H2. The molecule has 1 unspecified atom stereocenters. The van der Waals surface area contributed by atoms with Gasteiger partial charge in [0.25, 0.3) is 0 Å². The molecule has 2 heterocycles. The molecule has 0 aromatic heterocycles. The molecule has 0 saturated heterocycles. The number of carbonyl (C=O) groups is 1. The maximum absolute atomic E-state index is 11.4. The Morgan fingerprint density at radius 2 is 2.06 bits per heavy atom. The summed E-state index contributed by atoms with van der Waals surface area (Å²) in [6.07, 6.45) is 0.202. The van der Waals surface area contributed by atoms with Crippen molar-refractivity contribution in [3.8, 4) is 11.5 Å². The molecule has 0 amide bonds. The normalized spacial score (nSPS) is 21.9. The second kappa shape index (κ2) is 3.24. The van der Waals surface area contributed by atoms with Gasteiger partial charge in [-0.3, -0.25) is 0 Å². The number of esters is 1. The quantitative estimate of drug-likeness (QED) is 0.705. The van der Waals surface area contributed by atoms with E-state index in [-0.39, 0.29) is 6.79 Å². The predicted octanol–water partition coefficient (Wildman–Crippen LogP) is 0.674. The third-order valence-corrected chi connectivity index (χ3v) is 2.44. The first-order chi connectivity index (χ1) is 7.74. The molecule has 1 N–H and O–H groups in total. The minimum Gasteiger partial charge on any atom is -0.454 e. The highest BCUT2D eigenvalue weighted by atomic mass is 16.7. The van der Waals surface area contributed by atoms with Crippen LogP contribution in [0.15, 0.2) is 24.3 Å². The lowest BCUT2D eigenvalue weighted by Gasteiger charge is -2.01. The monoisotopic (exact) mass is 220 g/mol. The van der Waals surface area contributed by atoms with E-state index in [0.717, 1.165) is 0 Å². The summed E-state index contributed by atoms with van der Waals surface area (Å²) < 4.78 is 15.0. The largest absolute Gasteiger partial charge is 0.454 e. The van der Waals surface area contributed by atoms with Crippen molar-refractivity contribution in [1.82, 2.24) is 0 Å². The number of aliphatic hydroxyl groups is 1. The van der Waals surface area contributed by atoms with Crippen LogP contribution >= 0.6 is 0 Å². The molecule has 5 nitrogen and oxygen atoms in total. The summed E-state index contributed by atoms with van der Waals surface area (Å²) in [7, 11) is 0. The first-order valence-corrected chi connectivity index (χ1v) is 4.75. The molecule has 3 rings (SSSR count). The number of ether oxygens (including phenoxy) is 3. The third kappa shape index (κ3) is 1.33. The highest BCUT2D eigenvalue weighted by molar-refractivity contribution is 6.18. The number of benzene rings is 1. The van der Waals surface area contributed by atoms with E-state index in [4.69, 9.17) is 14.6 Å². The van der Waals surface area contributed by atoms with E-state index in [1.807, 2.05) is 0 Å². The van der Waals surface area contributed by atoms with Crippen LogP contribution in [0, 0.1) is 0 Å². The maximum Gasteiger partial charge on any atom is 0.341 e. The Morgan fingerprint density at radius 3 is 2.81 bits per heavy atom. The summed E-state index contributed by atoms with van der Waals surface area (Å²) in [4.78, 5) is 11.4. The Morgan fingerprint density at radius 1 is 1.25 bits per heavy atom. The Hall–Kier alpha value is -2.01. The first-order valence-electron chi connectivity index (χ1n) is 4.75. The van der Waals surface area contributed by atoms with E-state index in [0.29, 0.717) is 22.6 Å². The highest BCUT2D eigenvalue weighted by Gasteiger charge is 2.26. The number of fused-ring (bicyclic) bond motifs is 1. The molecular formula is C11H8O5. The summed E-state index contributed by atoms with van der Waals surface area (Å²) in [5.41, 5.74) is 0.983. The Kier molecular flexibility index (Phi) is 1.87. The van der Waals surface area contributed by atoms with Crippen molar-refractivity contribution in [3.05, 3.63) is 29.8 Å². The smallest absolute Gasteiger partial charge is 0.341 e. The Balaban J connectivity index is 2.02. The average molecular weight is 220 g/mol. The van der Waals surface area contributed by atoms with Gasteiger partial charge in [0.1, 0.15) is 0 Å². The fraction of sp³-hybridized carbons (Fsp3) is 0.182. The van der Waals surface area contributed by atoms with E-state index < -0.39 is 12.3 Å². The molecule has 5 heteroatoms. The number of hydrogen-bond acceptors (Lipinski definition) is 5. The van der Waals surface area contributed by atoms with Gasteiger partial charge in [0, 0.05) is 0 Å². The van der Waals surface area contributed by atoms with Crippen molar-refractivity contribution in [2.45, 2.75) is 6.29 Å². The van der Waals surface area contributed by atoms with Gasteiger partial charge in [0.15, 0.2) is 11.5 Å². The minimum atomic E-state index is -1.16. The van der Waals surface area contributed by atoms with Gasteiger partial charge in [0.2, 0.25) is 13.1 Å². The van der Waals surface area contributed by atoms with Crippen molar-refractivity contribution < 1.29 is 24.1 Å². The number of cyclic esters (lactones) is 1. The topological polar surface area (TPSA) is 65.0 Å². The summed E-state index contributed by atoms with van der Waals surface area (Å²) in [5, 5.41) is 9.15. The molecule has 1 aromatic rings. The SMILES string of the molecule is O=C1OC(O)C=C1c1ccc2c(c1)OCO2. The van der Waals surface area contributed by atoms with E-state index in [2.05, 4.69) is 4.74 Å². The molecule has 0 saturated carbocycles. The zero-order valence-corrected chi connectivity index (χ0v) is 8.17. The van der Waals surface area contributed by atoms with Gasteiger partial charge in [-0.1, -0.05) is 6.07 Å². The minimum absolute atomic E-state index is 0.185. The lowest BCUT2D eigenvalue weighted by atomic mass is 10.1. The van der Waals surface area contributed by atoms with E-state index in [1.54, 1.807) is 18.2 Å². The Labute approximate surface area is 90.9 Å². The van der Waals surface area contributed by atoms with Gasteiger partial charge in [0.05, 0.1) is 5.57 Å².